The van der Waals surface area contributed by atoms with E-state index in [0.29, 0.717) is 17.5 Å². The molecule has 3 aromatic rings. The number of hydrogen-bond acceptors (Lipinski definition) is 6. The number of benzene rings is 3. The summed E-state index contributed by atoms with van der Waals surface area (Å²) in [5, 5.41) is 0. The predicted octanol–water partition coefficient (Wildman–Crippen LogP) is 4.52. The first-order chi connectivity index (χ1) is 17.7. The Balaban J connectivity index is 1.88. The number of halogens is 2. The van der Waals surface area contributed by atoms with Crippen molar-refractivity contribution in [3.8, 4) is 17.2 Å². The molecule has 0 bridgehead atoms. The van der Waals surface area contributed by atoms with Crippen LogP contribution in [0.4, 0.5) is 25.8 Å². The van der Waals surface area contributed by atoms with E-state index < -0.39 is 35.1 Å². The van der Waals surface area contributed by atoms with Crippen molar-refractivity contribution in [1.29, 1.82) is 0 Å². The van der Waals surface area contributed by atoms with Gasteiger partial charge in [-0.1, -0.05) is 0 Å². The van der Waals surface area contributed by atoms with Gasteiger partial charge in [-0.05, 0) is 49.4 Å². The van der Waals surface area contributed by atoms with Crippen LogP contribution in [0.25, 0.3) is 0 Å². The van der Waals surface area contributed by atoms with E-state index in [1.165, 1.54) is 38.4 Å². The summed E-state index contributed by atoms with van der Waals surface area (Å²) in [6.07, 6.45) is 0. The first-order valence-electron chi connectivity index (χ1n) is 11.3. The predicted molar refractivity (Wildman–Crippen MR) is 132 cm³/mol. The number of carbonyl (C=O) groups is 3. The van der Waals surface area contributed by atoms with Crippen LogP contribution in [0.5, 0.6) is 17.2 Å². The number of hydrogen-bond donors (Lipinski definition) is 0. The Labute approximate surface area is 212 Å². The molecule has 0 saturated heterocycles. The first-order valence-corrected chi connectivity index (χ1v) is 11.3. The lowest BCUT2D eigenvalue weighted by atomic mass is 9.88. The molecule has 1 atom stereocenters. The molecule has 2 amide bonds. The van der Waals surface area contributed by atoms with E-state index in [4.69, 9.17) is 14.2 Å². The summed E-state index contributed by atoms with van der Waals surface area (Å²) < 4.78 is 43.7. The van der Waals surface area contributed by atoms with Gasteiger partial charge < -0.3 is 19.1 Å². The number of ether oxygens (including phenoxy) is 3. The van der Waals surface area contributed by atoms with E-state index in [0.717, 1.165) is 17.0 Å². The highest BCUT2D eigenvalue weighted by atomic mass is 19.1. The third-order valence-electron chi connectivity index (χ3n) is 6.06. The molecule has 1 aliphatic heterocycles. The van der Waals surface area contributed by atoms with Gasteiger partial charge in [-0.25, -0.2) is 8.78 Å². The monoisotopic (exact) mass is 510 g/mol. The van der Waals surface area contributed by atoms with Gasteiger partial charge in [0.25, 0.3) is 5.91 Å². The number of methoxy groups -OCH3 is 3. The fraction of sp³-hybridized carbons (Fsp3) is 0.222. The number of Topliss-reactive ketones (excluding diaryl/α,β-unsaturated/α-hetero) is 1. The van der Waals surface area contributed by atoms with E-state index in [2.05, 4.69) is 0 Å². The molecule has 8 nitrogen and oxygen atoms in total. The number of fused-ring (bicyclic) bond motifs is 1. The number of nitrogens with zero attached hydrogens (tertiary/aromatic N) is 2. The topological polar surface area (TPSA) is 85.4 Å². The van der Waals surface area contributed by atoms with Gasteiger partial charge in [0.1, 0.15) is 17.4 Å². The molecule has 192 valence electrons. The van der Waals surface area contributed by atoms with Gasteiger partial charge in [-0.2, -0.15) is 0 Å². The summed E-state index contributed by atoms with van der Waals surface area (Å²) in [7, 11) is 4.30. The molecule has 0 aliphatic carbocycles. The van der Waals surface area contributed by atoms with Gasteiger partial charge in [0.2, 0.25) is 5.91 Å². The zero-order valence-electron chi connectivity index (χ0n) is 20.6. The van der Waals surface area contributed by atoms with Crippen molar-refractivity contribution >= 4 is 34.7 Å². The Bertz CT molecular complexity index is 1360. The van der Waals surface area contributed by atoms with Crippen LogP contribution in [0.2, 0.25) is 0 Å². The van der Waals surface area contributed by atoms with E-state index >= 15 is 0 Å². The van der Waals surface area contributed by atoms with Crippen molar-refractivity contribution in [1.82, 2.24) is 0 Å². The van der Waals surface area contributed by atoms with Gasteiger partial charge in [-0.3, -0.25) is 19.3 Å². The fourth-order valence-corrected chi connectivity index (χ4v) is 4.30. The molecule has 0 radical (unpaired) electrons. The van der Waals surface area contributed by atoms with Crippen LogP contribution in [-0.4, -0.2) is 45.5 Å². The summed E-state index contributed by atoms with van der Waals surface area (Å²) in [4.78, 5) is 43.4. The van der Waals surface area contributed by atoms with Gasteiger partial charge in [0.05, 0.1) is 27.0 Å². The van der Waals surface area contributed by atoms with Crippen LogP contribution in [0.1, 0.15) is 17.3 Å². The number of anilines is 3. The third kappa shape index (κ3) is 4.57. The molecule has 10 heteroatoms. The maximum atomic E-state index is 13.9. The lowest BCUT2D eigenvalue weighted by Crippen LogP contribution is -2.51. The molecule has 1 heterocycles. The molecule has 1 aliphatic rings. The SMILES string of the molecule is CCN(C(=O)C1C(=O)c2cc(OC)c(OC)cc2N(c2ccc(OC)cc2)C1=O)c1cc(F)cc(F)c1. The van der Waals surface area contributed by atoms with Crippen molar-refractivity contribution in [3.63, 3.8) is 0 Å². The smallest absolute Gasteiger partial charge is 0.252 e. The summed E-state index contributed by atoms with van der Waals surface area (Å²) in [5.74, 6) is -5.08. The van der Waals surface area contributed by atoms with Crippen LogP contribution in [-0.2, 0) is 9.59 Å². The second kappa shape index (κ2) is 10.3. The van der Waals surface area contributed by atoms with E-state index in [1.54, 1.807) is 31.2 Å². The Morgan fingerprint density at radius 2 is 1.49 bits per heavy atom. The summed E-state index contributed by atoms with van der Waals surface area (Å²) in [6.45, 7) is 1.53. The second-order valence-electron chi connectivity index (χ2n) is 8.10. The van der Waals surface area contributed by atoms with Crippen molar-refractivity contribution in [2.45, 2.75) is 6.92 Å². The minimum absolute atomic E-state index is 0.0416. The van der Waals surface area contributed by atoms with Crippen LogP contribution >= 0.6 is 0 Å². The van der Waals surface area contributed by atoms with Crippen molar-refractivity contribution in [2.75, 3.05) is 37.7 Å². The summed E-state index contributed by atoms with van der Waals surface area (Å²) in [5.41, 5.74) is 0.499. The Morgan fingerprint density at radius 1 is 0.892 bits per heavy atom. The first kappa shape index (κ1) is 25.6. The summed E-state index contributed by atoms with van der Waals surface area (Å²) >= 11 is 0. The summed E-state index contributed by atoms with van der Waals surface area (Å²) in [6, 6.07) is 11.9. The second-order valence-corrected chi connectivity index (χ2v) is 8.10. The molecular weight excluding hydrogens is 486 g/mol. The van der Waals surface area contributed by atoms with E-state index in [1.807, 2.05) is 0 Å². The Morgan fingerprint density at radius 3 is 2.03 bits per heavy atom. The zero-order chi connectivity index (χ0) is 26.9. The molecule has 0 saturated carbocycles. The molecular formula is C27H24F2N2O6. The van der Waals surface area contributed by atoms with E-state index in [-0.39, 0.29) is 35.0 Å². The normalized spacial score (nSPS) is 14.8. The number of rotatable bonds is 7. The van der Waals surface area contributed by atoms with Gasteiger partial charge in [0.15, 0.2) is 23.2 Å². The number of carbonyl (C=O) groups excluding carboxylic acids is 3. The number of amides is 2. The number of ketones is 1. The van der Waals surface area contributed by atoms with Crippen LogP contribution in [0.15, 0.2) is 54.6 Å². The maximum Gasteiger partial charge on any atom is 0.252 e. The van der Waals surface area contributed by atoms with Crippen LogP contribution in [0, 0.1) is 17.6 Å². The fourth-order valence-electron chi connectivity index (χ4n) is 4.30. The largest absolute Gasteiger partial charge is 0.497 e. The lowest BCUT2D eigenvalue weighted by Gasteiger charge is -2.35. The van der Waals surface area contributed by atoms with E-state index in [9.17, 15) is 23.2 Å². The highest BCUT2D eigenvalue weighted by Gasteiger charge is 2.47. The van der Waals surface area contributed by atoms with Crippen LogP contribution < -0.4 is 24.0 Å². The van der Waals surface area contributed by atoms with Gasteiger partial charge in [-0.15, -0.1) is 0 Å². The van der Waals surface area contributed by atoms with Crippen molar-refractivity contribution in [3.05, 3.63) is 71.8 Å². The molecule has 0 aromatic heterocycles. The molecule has 0 spiro atoms. The van der Waals surface area contributed by atoms with Gasteiger partial charge >= 0.3 is 0 Å². The van der Waals surface area contributed by atoms with Crippen molar-refractivity contribution < 1.29 is 37.4 Å². The van der Waals surface area contributed by atoms with Crippen molar-refractivity contribution in [2.24, 2.45) is 5.92 Å². The minimum atomic E-state index is -1.81. The molecule has 1 unspecified atom stereocenters. The molecule has 3 aromatic carbocycles. The van der Waals surface area contributed by atoms with Gasteiger partial charge in [0, 0.05) is 35.6 Å². The third-order valence-corrected chi connectivity index (χ3v) is 6.06. The molecule has 0 N–H and O–H groups in total. The Kier molecular flexibility index (Phi) is 7.10. The molecule has 37 heavy (non-hydrogen) atoms. The maximum absolute atomic E-state index is 13.9. The lowest BCUT2D eigenvalue weighted by molar-refractivity contribution is -0.129. The standard InChI is InChI=1S/C27H24F2N2O6/c1-5-30(18-11-15(28)10-16(29)12-18)26(33)24-25(32)20-13-22(36-3)23(37-4)14-21(20)31(27(24)34)17-6-8-19(35-2)9-7-17/h6-14,24H,5H2,1-4H3. The average Bonchev–Trinajstić information content (AvgIpc) is 2.88. The molecule has 4 rings (SSSR count). The average molecular weight is 510 g/mol. The van der Waals surface area contributed by atoms with Crippen LogP contribution in [0.3, 0.4) is 0 Å². The minimum Gasteiger partial charge on any atom is -0.497 e. The quantitative estimate of drug-likeness (QED) is 0.435. The highest BCUT2D eigenvalue weighted by molar-refractivity contribution is 6.34. The zero-order valence-corrected chi connectivity index (χ0v) is 20.6. The molecule has 0 fully saturated rings. The Hall–Kier alpha value is -4.47. The highest BCUT2D eigenvalue weighted by Crippen LogP contribution is 2.43.